The molecule has 0 unspecified atom stereocenters. The van der Waals surface area contributed by atoms with Crippen LogP contribution in [-0.2, 0) is 13.0 Å². The molecule has 0 saturated heterocycles. The lowest BCUT2D eigenvalue weighted by atomic mass is 10.1. The van der Waals surface area contributed by atoms with Crippen LogP contribution in [-0.4, -0.2) is 22.0 Å². The highest BCUT2D eigenvalue weighted by molar-refractivity contribution is 5.95. The van der Waals surface area contributed by atoms with E-state index in [1.807, 2.05) is 6.92 Å². The van der Waals surface area contributed by atoms with Crippen molar-refractivity contribution in [1.82, 2.24) is 10.3 Å². The first-order chi connectivity index (χ1) is 9.60. The van der Waals surface area contributed by atoms with Crippen molar-refractivity contribution >= 4 is 11.9 Å². The van der Waals surface area contributed by atoms with Crippen molar-refractivity contribution in [2.45, 2.75) is 19.9 Å². The molecule has 0 fully saturated rings. The van der Waals surface area contributed by atoms with Gasteiger partial charge in [-0.05, 0) is 24.3 Å². The first kappa shape index (κ1) is 13.8. The highest BCUT2D eigenvalue weighted by atomic mass is 16.4. The van der Waals surface area contributed by atoms with Gasteiger partial charge in [-0.25, -0.2) is 9.78 Å². The maximum absolute atomic E-state index is 11.8. The Labute approximate surface area is 115 Å². The zero-order chi connectivity index (χ0) is 14.5. The fourth-order valence-electron chi connectivity index (χ4n) is 1.62. The molecule has 2 aromatic rings. The third-order valence-electron chi connectivity index (χ3n) is 2.74. The fourth-order valence-corrected chi connectivity index (χ4v) is 1.62. The summed E-state index contributed by atoms with van der Waals surface area (Å²) in [5.41, 5.74) is 0.527. The molecule has 0 radical (unpaired) electrons. The quantitative estimate of drug-likeness (QED) is 0.868. The maximum Gasteiger partial charge on any atom is 0.335 e. The number of nitrogens with one attached hydrogen (secondary N) is 1. The minimum absolute atomic E-state index is 0.141. The van der Waals surface area contributed by atoms with Gasteiger partial charge in [0.15, 0.2) is 0 Å². The highest BCUT2D eigenvalue weighted by Gasteiger charge is 2.09. The zero-order valence-electron chi connectivity index (χ0n) is 10.9. The smallest absolute Gasteiger partial charge is 0.335 e. The zero-order valence-corrected chi connectivity index (χ0v) is 10.9. The van der Waals surface area contributed by atoms with Crippen molar-refractivity contribution < 1.29 is 19.1 Å². The summed E-state index contributed by atoms with van der Waals surface area (Å²) in [6.45, 7) is 2.15. The molecule has 2 rings (SSSR count). The Balaban J connectivity index is 1.96. The van der Waals surface area contributed by atoms with Crippen LogP contribution < -0.4 is 5.32 Å². The molecule has 0 bridgehead atoms. The van der Waals surface area contributed by atoms with Crippen molar-refractivity contribution in [3.63, 3.8) is 0 Å². The second-order valence-electron chi connectivity index (χ2n) is 4.14. The molecule has 2 N–H and O–H groups in total. The Morgan fingerprint density at radius 2 is 1.90 bits per heavy atom. The number of aromatic carboxylic acids is 1. The van der Waals surface area contributed by atoms with E-state index in [-0.39, 0.29) is 18.0 Å². The number of hydrogen-bond donors (Lipinski definition) is 2. The number of rotatable bonds is 5. The van der Waals surface area contributed by atoms with Crippen LogP contribution in [0.3, 0.4) is 0 Å². The number of nitrogens with zero attached hydrogens (tertiary/aromatic N) is 1. The van der Waals surface area contributed by atoms with Crippen LogP contribution in [0.15, 0.2) is 34.9 Å². The molecule has 104 valence electrons. The molecule has 20 heavy (non-hydrogen) atoms. The first-order valence-electron chi connectivity index (χ1n) is 6.15. The summed E-state index contributed by atoms with van der Waals surface area (Å²) in [5, 5.41) is 11.4. The Morgan fingerprint density at radius 1 is 1.25 bits per heavy atom. The third-order valence-corrected chi connectivity index (χ3v) is 2.74. The fraction of sp³-hybridized carbons (Fsp3) is 0.214. The van der Waals surface area contributed by atoms with Crippen LogP contribution >= 0.6 is 0 Å². The molecule has 0 atom stereocenters. The molecule has 1 heterocycles. The molecule has 6 heteroatoms. The number of carboxylic acid groups (broad SMARTS) is 1. The molecule has 0 saturated carbocycles. The van der Waals surface area contributed by atoms with Gasteiger partial charge in [-0.15, -0.1) is 0 Å². The van der Waals surface area contributed by atoms with E-state index in [0.29, 0.717) is 11.5 Å². The molecular weight excluding hydrogens is 260 g/mol. The Bertz CT molecular complexity index is 616. The lowest BCUT2D eigenvalue weighted by molar-refractivity contribution is 0.0696. The number of aryl methyl sites for hydroxylation is 1. The summed E-state index contributed by atoms with van der Waals surface area (Å²) in [7, 11) is 0. The van der Waals surface area contributed by atoms with E-state index in [1.54, 1.807) is 6.20 Å². The molecular formula is C14H14N2O4. The van der Waals surface area contributed by atoms with Crippen molar-refractivity contribution in [2.75, 3.05) is 0 Å². The average molecular weight is 274 g/mol. The summed E-state index contributed by atoms with van der Waals surface area (Å²) >= 11 is 0. The standard InChI is InChI=1S/C14H14N2O4/c1-2-11-7-15-12(20-11)8-16-13(17)9-3-5-10(6-4-9)14(18)19/h3-7H,2,8H2,1H3,(H,16,17)(H,18,19). The second kappa shape index (κ2) is 6.01. The number of aromatic nitrogens is 1. The molecule has 0 aliphatic carbocycles. The van der Waals surface area contributed by atoms with Crippen molar-refractivity contribution in [1.29, 1.82) is 0 Å². The molecule has 6 nitrogen and oxygen atoms in total. The van der Waals surface area contributed by atoms with Crippen LogP contribution in [0.1, 0.15) is 39.3 Å². The number of hydrogen-bond acceptors (Lipinski definition) is 4. The van der Waals surface area contributed by atoms with Crippen molar-refractivity contribution in [2.24, 2.45) is 0 Å². The summed E-state index contributed by atoms with van der Waals surface area (Å²) in [4.78, 5) is 26.6. The Hall–Kier alpha value is -2.63. The topological polar surface area (TPSA) is 92.4 Å². The Morgan fingerprint density at radius 3 is 2.45 bits per heavy atom. The van der Waals surface area contributed by atoms with Gasteiger partial charge in [0.05, 0.1) is 18.3 Å². The maximum atomic E-state index is 11.8. The monoisotopic (exact) mass is 274 g/mol. The van der Waals surface area contributed by atoms with Gasteiger partial charge in [0, 0.05) is 12.0 Å². The minimum Gasteiger partial charge on any atom is -0.478 e. The minimum atomic E-state index is -1.02. The molecule has 1 aromatic carbocycles. The molecule has 0 spiro atoms. The van der Waals surface area contributed by atoms with Gasteiger partial charge in [-0.1, -0.05) is 6.92 Å². The van der Waals surface area contributed by atoms with Crippen molar-refractivity contribution in [3.8, 4) is 0 Å². The van der Waals surface area contributed by atoms with Crippen LogP contribution in [0.25, 0.3) is 0 Å². The summed E-state index contributed by atoms with van der Waals surface area (Å²) in [5.74, 6) is -0.126. The van der Waals surface area contributed by atoms with Crippen molar-refractivity contribution in [3.05, 3.63) is 53.2 Å². The first-order valence-corrected chi connectivity index (χ1v) is 6.15. The lowest BCUT2D eigenvalue weighted by Crippen LogP contribution is -2.22. The van der Waals surface area contributed by atoms with Crippen LogP contribution in [0.5, 0.6) is 0 Å². The summed E-state index contributed by atoms with van der Waals surface area (Å²) in [6, 6.07) is 5.70. The van der Waals surface area contributed by atoms with Gasteiger partial charge in [0.2, 0.25) is 5.89 Å². The predicted molar refractivity (Wildman–Crippen MR) is 70.5 cm³/mol. The third kappa shape index (κ3) is 3.23. The number of carbonyl (C=O) groups excluding carboxylic acids is 1. The normalized spacial score (nSPS) is 10.2. The van der Waals surface area contributed by atoms with E-state index in [9.17, 15) is 9.59 Å². The Kier molecular flexibility index (Phi) is 4.14. The highest BCUT2D eigenvalue weighted by Crippen LogP contribution is 2.06. The number of benzene rings is 1. The number of carboxylic acids is 1. The van der Waals surface area contributed by atoms with Gasteiger partial charge in [-0.2, -0.15) is 0 Å². The molecule has 0 aliphatic rings. The largest absolute Gasteiger partial charge is 0.478 e. The lowest BCUT2D eigenvalue weighted by Gasteiger charge is -2.03. The van der Waals surface area contributed by atoms with Gasteiger partial charge in [0.1, 0.15) is 5.76 Å². The SMILES string of the molecule is CCc1cnc(CNC(=O)c2ccc(C(=O)O)cc2)o1. The predicted octanol–water partition coefficient (Wildman–Crippen LogP) is 1.87. The van der Waals surface area contributed by atoms with Gasteiger partial charge < -0.3 is 14.8 Å². The van der Waals surface area contributed by atoms with E-state index in [2.05, 4.69) is 10.3 Å². The molecule has 0 aliphatic heterocycles. The summed E-state index contributed by atoms with van der Waals surface area (Å²) < 4.78 is 5.37. The van der Waals surface area contributed by atoms with E-state index in [4.69, 9.17) is 9.52 Å². The van der Waals surface area contributed by atoms with Gasteiger partial charge >= 0.3 is 5.97 Å². The van der Waals surface area contributed by atoms with Gasteiger partial charge in [0.25, 0.3) is 5.91 Å². The van der Waals surface area contributed by atoms with E-state index in [1.165, 1.54) is 24.3 Å². The summed E-state index contributed by atoms with van der Waals surface area (Å²) in [6.07, 6.45) is 2.38. The van der Waals surface area contributed by atoms with E-state index in [0.717, 1.165) is 12.2 Å². The second-order valence-corrected chi connectivity index (χ2v) is 4.14. The van der Waals surface area contributed by atoms with Crippen LogP contribution in [0, 0.1) is 0 Å². The van der Waals surface area contributed by atoms with E-state index >= 15 is 0 Å². The van der Waals surface area contributed by atoms with Gasteiger partial charge in [-0.3, -0.25) is 4.79 Å². The van der Waals surface area contributed by atoms with E-state index < -0.39 is 5.97 Å². The number of oxazole rings is 1. The molecule has 1 aromatic heterocycles. The number of amides is 1. The van der Waals surface area contributed by atoms with Crippen LogP contribution in [0.2, 0.25) is 0 Å². The van der Waals surface area contributed by atoms with Crippen LogP contribution in [0.4, 0.5) is 0 Å². The average Bonchev–Trinajstić information content (AvgIpc) is 2.93. The molecule has 1 amide bonds. The number of carbonyl (C=O) groups is 2.